The number of fused-ring (bicyclic) bond motifs is 1. The Labute approximate surface area is 211 Å². The summed E-state index contributed by atoms with van der Waals surface area (Å²) in [7, 11) is 0. The molecule has 170 valence electrons. The molecule has 5 rings (SSSR count). The van der Waals surface area contributed by atoms with Crippen LogP contribution < -0.4 is 15.6 Å². The zero-order valence-electron chi connectivity index (χ0n) is 18.6. The summed E-state index contributed by atoms with van der Waals surface area (Å²) in [6.07, 6.45) is 0.768. The number of benzene rings is 3. The Morgan fingerprint density at radius 2 is 1.82 bits per heavy atom. The number of hydrogen-bond acceptors (Lipinski definition) is 6. The Hall–Kier alpha value is -3.34. The van der Waals surface area contributed by atoms with Crippen LogP contribution in [0.4, 0.5) is 0 Å². The minimum atomic E-state index is -0.00445. The van der Waals surface area contributed by atoms with Crippen molar-refractivity contribution in [2.45, 2.75) is 32.0 Å². The summed E-state index contributed by atoms with van der Waals surface area (Å²) in [6.45, 7) is 2.37. The number of thiophene rings is 1. The van der Waals surface area contributed by atoms with Gasteiger partial charge >= 0.3 is 0 Å². The van der Waals surface area contributed by atoms with Gasteiger partial charge in [0.25, 0.3) is 0 Å². The first-order chi connectivity index (χ1) is 16.7. The zero-order valence-corrected chi connectivity index (χ0v) is 21.0. The lowest BCUT2D eigenvalue weighted by molar-refractivity contribution is 0.306. The first-order valence-corrected chi connectivity index (χ1v) is 12.7. The number of halogens is 1. The third-order valence-corrected chi connectivity index (χ3v) is 7.41. The molecule has 0 fully saturated rings. The second-order valence-corrected chi connectivity index (χ2v) is 9.78. The minimum Gasteiger partial charge on any atom is -0.489 e. The average molecular weight is 531 g/mol. The summed E-state index contributed by atoms with van der Waals surface area (Å²) in [5, 5.41) is 11.0. The van der Waals surface area contributed by atoms with Gasteiger partial charge in [0.1, 0.15) is 18.5 Å². The van der Waals surface area contributed by atoms with E-state index in [1.807, 2.05) is 25.1 Å². The Kier molecular flexibility index (Phi) is 6.79. The largest absolute Gasteiger partial charge is 0.489 e. The van der Waals surface area contributed by atoms with Crippen LogP contribution >= 0.6 is 27.3 Å². The molecule has 2 N–H and O–H groups in total. The molecule has 0 unspecified atom stereocenters. The van der Waals surface area contributed by atoms with Crippen molar-refractivity contribution in [1.82, 2.24) is 10.9 Å². The van der Waals surface area contributed by atoms with Crippen LogP contribution in [0.2, 0.25) is 0 Å². The first-order valence-electron chi connectivity index (χ1n) is 11.0. The Balaban J connectivity index is 1.29. The molecule has 1 aromatic heterocycles. The van der Waals surface area contributed by atoms with Crippen molar-refractivity contribution in [1.29, 1.82) is 0 Å². The van der Waals surface area contributed by atoms with Crippen molar-refractivity contribution in [3.8, 4) is 28.7 Å². The smallest absolute Gasteiger partial charge is 0.133 e. The molecule has 1 atom stereocenters. The molecule has 7 heteroatoms. The molecular formula is C27H23BrN4OS. The topological polar surface area (TPSA) is 58.0 Å². The molecule has 0 bridgehead atoms. The SMILES string of the molecule is CC#C[C@@H](CC1NN=NN1)c1ccc(OCc2ccc3scc(-c4ccccc4Br)c3c2)cc1. The van der Waals surface area contributed by atoms with Gasteiger partial charge in [0.15, 0.2) is 0 Å². The van der Waals surface area contributed by atoms with Gasteiger partial charge in [-0.3, -0.25) is 10.9 Å². The molecule has 4 aromatic rings. The molecule has 0 amide bonds. The third kappa shape index (κ3) is 4.93. The van der Waals surface area contributed by atoms with Crippen LogP contribution in [-0.2, 0) is 6.61 Å². The van der Waals surface area contributed by atoms with Crippen molar-refractivity contribution >= 4 is 37.4 Å². The lowest BCUT2D eigenvalue weighted by Crippen LogP contribution is -2.32. The second kappa shape index (κ2) is 10.3. The van der Waals surface area contributed by atoms with Crippen molar-refractivity contribution in [2.24, 2.45) is 10.4 Å². The van der Waals surface area contributed by atoms with E-state index in [2.05, 4.69) is 103 Å². The Morgan fingerprint density at radius 1 is 1.03 bits per heavy atom. The van der Waals surface area contributed by atoms with Crippen molar-refractivity contribution in [3.05, 3.63) is 87.7 Å². The highest BCUT2D eigenvalue weighted by atomic mass is 79.9. The van der Waals surface area contributed by atoms with Crippen LogP contribution in [0, 0.1) is 11.8 Å². The van der Waals surface area contributed by atoms with E-state index in [4.69, 9.17) is 4.74 Å². The molecule has 0 spiro atoms. The van der Waals surface area contributed by atoms with E-state index in [0.717, 1.165) is 27.8 Å². The summed E-state index contributed by atoms with van der Waals surface area (Å²) >= 11 is 5.45. The van der Waals surface area contributed by atoms with Gasteiger partial charge in [-0.15, -0.1) is 17.3 Å². The van der Waals surface area contributed by atoms with Gasteiger partial charge in [0.2, 0.25) is 0 Å². The van der Waals surface area contributed by atoms with Gasteiger partial charge < -0.3 is 4.74 Å². The first kappa shape index (κ1) is 22.5. The highest BCUT2D eigenvalue weighted by Crippen LogP contribution is 2.38. The van der Waals surface area contributed by atoms with E-state index < -0.39 is 0 Å². The summed E-state index contributed by atoms with van der Waals surface area (Å²) in [4.78, 5) is 0. The molecule has 34 heavy (non-hydrogen) atoms. The molecule has 0 saturated heterocycles. The van der Waals surface area contributed by atoms with Crippen molar-refractivity contribution < 1.29 is 4.74 Å². The normalized spacial score (nSPS) is 13.7. The van der Waals surface area contributed by atoms with Crippen LogP contribution in [0.3, 0.4) is 0 Å². The quantitative estimate of drug-likeness (QED) is 0.248. The molecule has 3 aromatic carbocycles. The predicted octanol–water partition coefficient (Wildman–Crippen LogP) is 7.21. The average Bonchev–Trinajstić information content (AvgIpc) is 3.53. The highest BCUT2D eigenvalue weighted by molar-refractivity contribution is 9.10. The van der Waals surface area contributed by atoms with Gasteiger partial charge in [0, 0.05) is 32.5 Å². The van der Waals surface area contributed by atoms with E-state index in [1.165, 1.54) is 21.2 Å². The minimum absolute atomic E-state index is 0.00445. The molecule has 0 saturated carbocycles. The number of nitrogens with one attached hydrogen (secondary N) is 2. The van der Waals surface area contributed by atoms with Crippen LogP contribution in [0.1, 0.15) is 30.4 Å². The Morgan fingerprint density at radius 3 is 2.59 bits per heavy atom. The number of rotatable bonds is 7. The molecule has 0 radical (unpaired) electrons. The fraction of sp³-hybridized carbons (Fsp3) is 0.185. The van der Waals surface area contributed by atoms with E-state index >= 15 is 0 Å². The van der Waals surface area contributed by atoms with E-state index in [0.29, 0.717) is 6.61 Å². The van der Waals surface area contributed by atoms with Crippen LogP contribution in [0.25, 0.3) is 21.2 Å². The van der Waals surface area contributed by atoms with Crippen LogP contribution in [0.15, 0.2) is 87.0 Å². The summed E-state index contributed by atoms with van der Waals surface area (Å²) in [6, 6.07) is 23.1. The lowest BCUT2D eigenvalue weighted by atomic mass is 9.95. The standard InChI is InChI=1S/C27H23BrN4OS/c1-2-5-20(15-27-29-31-32-30-27)19-9-11-21(12-10-19)33-16-18-8-13-26-23(14-18)24(17-34-26)22-6-3-4-7-25(22)28/h3-4,6-14,17,20,27H,15-16H2,1H3,(H,29,32)(H,30,31)/t20-/m0/s1. The second-order valence-electron chi connectivity index (χ2n) is 8.01. The fourth-order valence-electron chi connectivity index (χ4n) is 4.04. The summed E-state index contributed by atoms with van der Waals surface area (Å²) < 4.78 is 8.49. The number of nitrogens with zero attached hydrogens (tertiary/aromatic N) is 2. The maximum atomic E-state index is 6.12. The van der Waals surface area contributed by atoms with Gasteiger partial charge in [-0.2, -0.15) is 0 Å². The van der Waals surface area contributed by atoms with Crippen molar-refractivity contribution in [2.75, 3.05) is 0 Å². The number of ether oxygens (including phenoxy) is 1. The summed E-state index contributed by atoms with van der Waals surface area (Å²) in [5.74, 6) is 7.24. The number of hydrogen-bond donors (Lipinski definition) is 2. The highest BCUT2D eigenvalue weighted by Gasteiger charge is 2.18. The van der Waals surface area contributed by atoms with Gasteiger partial charge in [-0.05, 0) is 59.3 Å². The zero-order chi connectivity index (χ0) is 23.3. The third-order valence-electron chi connectivity index (χ3n) is 5.76. The molecule has 1 aliphatic rings. The monoisotopic (exact) mass is 530 g/mol. The lowest BCUT2D eigenvalue weighted by Gasteiger charge is -2.16. The van der Waals surface area contributed by atoms with Gasteiger partial charge in [-0.25, -0.2) is 0 Å². The Bertz CT molecular complexity index is 1380. The van der Waals surface area contributed by atoms with E-state index in [-0.39, 0.29) is 12.1 Å². The molecule has 1 aliphatic heterocycles. The fourth-order valence-corrected chi connectivity index (χ4v) is 5.48. The molecular weight excluding hydrogens is 508 g/mol. The van der Waals surface area contributed by atoms with E-state index in [9.17, 15) is 0 Å². The van der Waals surface area contributed by atoms with Crippen molar-refractivity contribution in [3.63, 3.8) is 0 Å². The van der Waals surface area contributed by atoms with E-state index in [1.54, 1.807) is 11.3 Å². The maximum Gasteiger partial charge on any atom is 0.133 e. The molecule has 2 heterocycles. The molecule has 0 aliphatic carbocycles. The summed E-state index contributed by atoms with van der Waals surface area (Å²) in [5.41, 5.74) is 10.6. The van der Waals surface area contributed by atoms with Crippen LogP contribution in [-0.4, -0.2) is 6.17 Å². The van der Waals surface area contributed by atoms with Gasteiger partial charge in [0.05, 0.1) is 0 Å². The maximum absolute atomic E-state index is 6.12. The van der Waals surface area contributed by atoms with Gasteiger partial charge in [-0.1, -0.05) is 68.7 Å². The van der Waals surface area contributed by atoms with Crippen LogP contribution in [0.5, 0.6) is 5.75 Å². The molecule has 5 nitrogen and oxygen atoms in total. The predicted molar refractivity (Wildman–Crippen MR) is 141 cm³/mol.